The quantitative estimate of drug-likeness (QED) is 0.602. The van der Waals surface area contributed by atoms with Crippen molar-refractivity contribution < 1.29 is 9.47 Å². The number of ether oxygens (including phenoxy) is 2. The number of hydrogen-bond donors (Lipinski definition) is 2. The van der Waals surface area contributed by atoms with Gasteiger partial charge in [0.25, 0.3) is 0 Å². The first-order valence-electron chi connectivity index (χ1n) is 9.37. The molecule has 1 aliphatic rings. The van der Waals surface area contributed by atoms with Gasteiger partial charge >= 0.3 is 0 Å². The van der Waals surface area contributed by atoms with E-state index in [9.17, 15) is 0 Å². The van der Waals surface area contributed by atoms with Gasteiger partial charge in [-0.25, -0.2) is 4.98 Å². The Kier molecular flexibility index (Phi) is 5.96. The fourth-order valence-electron chi connectivity index (χ4n) is 3.32. The van der Waals surface area contributed by atoms with Crippen molar-refractivity contribution in [1.82, 2.24) is 4.98 Å². The molecule has 6 heteroatoms. The van der Waals surface area contributed by atoms with Gasteiger partial charge in [-0.1, -0.05) is 0 Å². The Hall–Kier alpha value is -2.60. The Morgan fingerprint density at radius 2 is 1.96 bits per heavy atom. The molecule has 0 amide bonds. The molecule has 0 saturated carbocycles. The Bertz CT molecular complexity index is 799. The third-order valence-corrected chi connectivity index (χ3v) is 4.80. The van der Waals surface area contributed by atoms with Crippen LogP contribution in [0.5, 0.6) is 5.75 Å². The average molecular weight is 368 g/mol. The van der Waals surface area contributed by atoms with Crippen LogP contribution in [0.4, 0.5) is 11.5 Å². The van der Waals surface area contributed by atoms with Gasteiger partial charge in [-0.15, -0.1) is 0 Å². The van der Waals surface area contributed by atoms with E-state index in [1.807, 2.05) is 38.1 Å². The topological polar surface area (TPSA) is 84.5 Å². The lowest BCUT2D eigenvalue weighted by atomic mass is 10.0. The summed E-state index contributed by atoms with van der Waals surface area (Å²) in [4.78, 5) is 6.75. The number of rotatable bonds is 6. The van der Waals surface area contributed by atoms with Gasteiger partial charge in [0.2, 0.25) is 0 Å². The summed E-state index contributed by atoms with van der Waals surface area (Å²) in [6.45, 7) is 5.76. The Morgan fingerprint density at radius 3 is 2.63 bits per heavy atom. The molecule has 3 rings (SSSR count). The number of nitrogens with two attached hydrogens (primary N) is 1. The predicted octanol–water partition coefficient (Wildman–Crippen LogP) is 3.48. The van der Waals surface area contributed by atoms with Crippen molar-refractivity contribution in [2.45, 2.75) is 38.9 Å². The van der Waals surface area contributed by atoms with Crippen LogP contribution < -0.4 is 15.4 Å². The van der Waals surface area contributed by atoms with E-state index in [4.69, 9.17) is 20.6 Å². The second kappa shape index (κ2) is 8.39. The minimum absolute atomic E-state index is 0.0678. The molecule has 144 valence electrons. The van der Waals surface area contributed by atoms with E-state index in [1.54, 1.807) is 19.4 Å². The maximum atomic E-state index is 8.66. The monoisotopic (exact) mass is 368 g/mol. The van der Waals surface area contributed by atoms with E-state index in [0.29, 0.717) is 23.1 Å². The van der Waals surface area contributed by atoms with Crippen LogP contribution in [0.15, 0.2) is 36.5 Å². The van der Waals surface area contributed by atoms with Gasteiger partial charge in [0.15, 0.2) is 0 Å². The molecule has 2 aromatic rings. The standard InChI is InChI=1S/C21H28N4O2/c1-14(2)27-17-4-5-19(22)18(13-17)21(23)15-6-9-24-20(12-15)25-10-7-16(26-3)8-11-25/h4-6,9,12-14,16,23H,7-8,10-11,22H2,1-3H3. The summed E-state index contributed by atoms with van der Waals surface area (Å²) in [5.41, 5.74) is 8.53. The number of anilines is 2. The maximum absolute atomic E-state index is 8.66. The molecule has 1 aromatic heterocycles. The number of nitrogens with zero attached hydrogens (tertiary/aromatic N) is 2. The predicted molar refractivity (Wildman–Crippen MR) is 109 cm³/mol. The number of nitrogens with one attached hydrogen (secondary N) is 1. The Labute approximate surface area is 160 Å². The van der Waals surface area contributed by atoms with Crippen molar-refractivity contribution in [3.05, 3.63) is 47.7 Å². The van der Waals surface area contributed by atoms with Crippen molar-refractivity contribution in [2.24, 2.45) is 0 Å². The lowest BCUT2D eigenvalue weighted by Crippen LogP contribution is -2.37. The van der Waals surface area contributed by atoms with Crippen molar-refractivity contribution >= 4 is 17.2 Å². The van der Waals surface area contributed by atoms with Crippen molar-refractivity contribution in [1.29, 1.82) is 5.41 Å². The zero-order chi connectivity index (χ0) is 19.4. The third-order valence-electron chi connectivity index (χ3n) is 4.80. The van der Waals surface area contributed by atoms with Crippen molar-refractivity contribution in [3.63, 3.8) is 0 Å². The van der Waals surface area contributed by atoms with E-state index >= 15 is 0 Å². The van der Waals surface area contributed by atoms with Gasteiger partial charge in [0.05, 0.1) is 17.9 Å². The molecule has 1 fully saturated rings. The zero-order valence-electron chi connectivity index (χ0n) is 16.2. The largest absolute Gasteiger partial charge is 0.491 e. The van der Waals surface area contributed by atoms with Gasteiger partial charge < -0.3 is 20.1 Å². The fourth-order valence-corrected chi connectivity index (χ4v) is 3.32. The average Bonchev–Trinajstić information content (AvgIpc) is 2.68. The van der Waals surface area contributed by atoms with E-state index < -0.39 is 0 Å². The summed E-state index contributed by atoms with van der Waals surface area (Å²) in [6, 6.07) is 9.28. The normalized spacial score (nSPS) is 15.2. The highest BCUT2D eigenvalue weighted by atomic mass is 16.5. The second-order valence-electron chi connectivity index (χ2n) is 7.12. The first kappa shape index (κ1) is 19.2. The molecule has 0 bridgehead atoms. The Balaban J connectivity index is 1.82. The van der Waals surface area contributed by atoms with Crippen LogP contribution in [0.3, 0.4) is 0 Å². The molecule has 0 aliphatic carbocycles. The fraction of sp³-hybridized carbons (Fsp3) is 0.429. The van der Waals surface area contributed by atoms with Crippen LogP contribution in [-0.4, -0.2) is 43.1 Å². The van der Waals surface area contributed by atoms with Crippen molar-refractivity contribution in [2.75, 3.05) is 30.8 Å². The summed E-state index contributed by atoms with van der Waals surface area (Å²) in [5.74, 6) is 1.61. The van der Waals surface area contributed by atoms with Gasteiger partial charge in [-0.05, 0) is 57.0 Å². The number of pyridine rings is 1. The van der Waals surface area contributed by atoms with Crippen molar-refractivity contribution in [3.8, 4) is 5.75 Å². The summed E-state index contributed by atoms with van der Waals surface area (Å²) in [6.07, 6.45) is 4.12. The van der Waals surface area contributed by atoms with E-state index in [-0.39, 0.29) is 6.10 Å². The molecule has 1 aliphatic heterocycles. The molecule has 1 saturated heterocycles. The highest BCUT2D eigenvalue weighted by Crippen LogP contribution is 2.25. The smallest absolute Gasteiger partial charge is 0.129 e. The molecule has 2 heterocycles. The van der Waals surface area contributed by atoms with Gasteiger partial charge in [-0.2, -0.15) is 0 Å². The van der Waals surface area contributed by atoms with Gasteiger partial charge in [-0.3, -0.25) is 5.41 Å². The summed E-state index contributed by atoms with van der Waals surface area (Å²) in [5, 5.41) is 8.66. The molecule has 0 unspecified atom stereocenters. The molecular formula is C21H28N4O2. The lowest BCUT2D eigenvalue weighted by molar-refractivity contribution is 0.0818. The molecule has 0 atom stereocenters. The van der Waals surface area contributed by atoms with Gasteiger partial charge in [0, 0.05) is 43.2 Å². The van der Waals surface area contributed by atoms with Crippen LogP contribution in [0.1, 0.15) is 37.8 Å². The molecule has 6 nitrogen and oxygen atoms in total. The molecule has 3 N–H and O–H groups in total. The summed E-state index contributed by atoms with van der Waals surface area (Å²) >= 11 is 0. The zero-order valence-corrected chi connectivity index (χ0v) is 16.2. The molecule has 0 spiro atoms. The van der Waals surface area contributed by atoms with E-state index in [1.165, 1.54) is 0 Å². The highest BCUT2D eigenvalue weighted by molar-refractivity contribution is 6.14. The first-order chi connectivity index (χ1) is 13.0. The van der Waals surface area contributed by atoms with Crippen LogP contribution in [0.25, 0.3) is 0 Å². The number of piperidine rings is 1. The summed E-state index contributed by atoms with van der Waals surface area (Å²) in [7, 11) is 1.77. The molecule has 27 heavy (non-hydrogen) atoms. The number of nitrogen functional groups attached to an aromatic ring is 1. The third kappa shape index (κ3) is 4.57. The minimum atomic E-state index is 0.0678. The molecule has 0 radical (unpaired) electrons. The van der Waals surface area contributed by atoms with Crippen LogP contribution in [-0.2, 0) is 4.74 Å². The number of methoxy groups -OCH3 is 1. The van der Waals surface area contributed by atoms with E-state index in [2.05, 4.69) is 9.88 Å². The Morgan fingerprint density at radius 1 is 1.22 bits per heavy atom. The van der Waals surface area contributed by atoms with Gasteiger partial charge in [0.1, 0.15) is 11.6 Å². The first-order valence-corrected chi connectivity index (χ1v) is 9.37. The number of aromatic nitrogens is 1. The SMILES string of the molecule is COC1CCN(c2cc(C(=N)c3cc(OC(C)C)ccc3N)ccn2)CC1. The number of hydrogen-bond acceptors (Lipinski definition) is 6. The summed E-state index contributed by atoms with van der Waals surface area (Å²) < 4.78 is 11.2. The highest BCUT2D eigenvalue weighted by Gasteiger charge is 2.20. The minimum Gasteiger partial charge on any atom is -0.491 e. The molecular weight excluding hydrogens is 340 g/mol. The lowest BCUT2D eigenvalue weighted by Gasteiger charge is -2.32. The maximum Gasteiger partial charge on any atom is 0.129 e. The van der Waals surface area contributed by atoms with Crippen LogP contribution in [0, 0.1) is 5.41 Å². The van der Waals surface area contributed by atoms with Crippen LogP contribution >= 0.6 is 0 Å². The molecule has 1 aromatic carbocycles. The second-order valence-corrected chi connectivity index (χ2v) is 7.12. The number of benzene rings is 1. The van der Waals surface area contributed by atoms with Crippen LogP contribution in [0.2, 0.25) is 0 Å². The van der Waals surface area contributed by atoms with E-state index in [0.717, 1.165) is 43.1 Å².